The van der Waals surface area contributed by atoms with Crippen molar-refractivity contribution < 1.29 is 23.7 Å². The van der Waals surface area contributed by atoms with Gasteiger partial charge in [0.1, 0.15) is 0 Å². The van der Waals surface area contributed by atoms with Crippen molar-refractivity contribution in [2.75, 3.05) is 40.8 Å². The first-order valence-corrected chi connectivity index (χ1v) is 10.7. The summed E-state index contributed by atoms with van der Waals surface area (Å²) in [6.45, 7) is 0.517. The van der Waals surface area contributed by atoms with Crippen molar-refractivity contribution in [2.24, 2.45) is 4.99 Å². The lowest BCUT2D eigenvalue weighted by molar-refractivity contribution is 0.198. The molecule has 2 aromatic rings. The Labute approximate surface area is 213 Å². The Morgan fingerprint density at radius 2 is 1.55 bits per heavy atom. The molecule has 1 fully saturated rings. The van der Waals surface area contributed by atoms with E-state index in [0.717, 1.165) is 35.6 Å². The van der Waals surface area contributed by atoms with Crippen molar-refractivity contribution in [3.8, 4) is 28.7 Å². The number of nitrogens with one attached hydrogen (secondary N) is 2. The zero-order valence-electron chi connectivity index (χ0n) is 19.9. The van der Waals surface area contributed by atoms with E-state index >= 15 is 0 Å². The Morgan fingerprint density at radius 1 is 0.909 bits per heavy atom. The van der Waals surface area contributed by atoms with Gasteiger partial charge in [-0.05, 0) is 31.7 Å². The smallest absolute Gasteiger partial charge is 0.203 e. The number of halogens is 1. The predicted octanol–water partition coefficient (Wildman–Crippen LogP) is 4.85. The Hall–Kier alpha value is -2.56. The number of ether oxygens (including phenoxy) is 5. The van der Waals surface area contributed by atoms with E-state index in [9.17, 15) is 0 Å². The molecule has 2 N–H and O–H groups in total. The van der Waals surface area contributed by atoms with E-state index in [0.29, 0.717) is 29.8 Å². The van der Waals surface area contributed by atoms with Crippen LogP contribution in [0.4, 0.5) is 5.69 Å². The van der Waals surface area contributed by atoms with Gasteiger partial charge in [-0.2, -0.15) is 0 Å². The molecule has 0 atom stereocenters. The van der Waals surface area contributed by atoms with Crippen molar-refractivity contribution in [3.05, 3.63) is 35.9 Å². The van der Waals surface area contributed by atoms with Gasteiger partial charge in [-0.15, -0.1) is 24.0 Å². The van der Waals surface area contributed by atoms with Crippen molar-refractivity contribution in [3.63, 3.8) is 0 Å². The first-order valence-electron chi connectivity index (χ1n) is 10.7. The number of anilines is 1. The molecule has 2 aromatic carbocycles. The maximum absolute atomic E-state index is 6.33. The first-order chi connectivity index (χ1) is 15.6. The van der Waals surface area contributed by atoms with Crippen LogP contribution in [0.1, 0.15) is 31.2 Å². The molecule has 33 heavy (non-hydrogen) atoms. The monoisotopic (exact) mass is 571 g/mol. The van der Waals surface area contributed by atoms with Crippen molar-refractivity contribution in [1.82, 2.24) is 5.32 Å². The van der Waals surface area contributed by atoms with Crippen LogP contribution in [-0.4, -0.2) is 47.6 Å². The first kappa shape index (κ1) is 26.7. The standard InChI is InChI=1S/C24H33N3O5.HI/c1-25-24(27-17-13-20(29-3)23(31-5)21(14-17)30-4)26-15-16-9-8-12-19(28-2)22(16)32-18-10-6-7-11-18;/h8-9,12-14,18H,6-7,10-11,15H2,1-5H3,(H2,25,26,27);1H. The molecule has 0 aromatic heterocycles. The van der Waals surface area contributed by atoms with Crippen LogP contribution in [-0.2, 0) is 6.54 Å². The van der Waals surface area contributed by atoms with E-state index in [2.05, 4.69) is 15.6 Å². The summed E-state index contributed by atoms with van der Waals surface area (Å²) >= 11 is 0. The molecule has 0 radical (unpaired) electrons. The highest BCUT2D eigenvalue weighted by Crippen LogP contribution is 2.40. The topological polar surface area (TPSA) is 82.6 Å². The minimum atomic E-state index is 0. The number of hydrogen-bond donors (Lipinski definition) is 2. The summed E-state index contributed by atoms with van der Waals surface area (Å²) in [6, 6.07) is 9.58. The quantitative estimate of drug-likeness (QED) is 0.253. The van der Waals surface area contributed by atoms with Crippen molar-refractivity contribution in [1.29, 1.82) is 0 Å². The summed E-state index contributed by atoms with van der Waals surface area (Å²) in [5, 5.41) is 6.62. The molecule has 8 nitrogen and oxygen atoms in total. The lowest BCUT2D eigenvalue weighted by Crippen LogP contribution is -2.30. The Morgan fingerprint density at radius 3 is 2.09 bits per heavy atom. The Kier molecular flexibility index (Phi) is 10.7. The number of methoxy groups -OCH3 is 4. The third-order valence-electron chi connectivity index (χ3n) is 5.46. The van der Waals surface area contributed by atoms with Crippen LogP contribution in [0.25, 0.3) is 0 Å². The molecule has 182 valence electrons. The highest BCUT2D eigenvalue weighted by Gasteiger charge is 2.21. The summed E-state index contributed by atoms with van der Waals surface area (Å²) in [5.41, 5.74) is 1.75. The maximum Gasteiger partial charge on any atom is 0.203 e. The van der Waals surface area contributed by atoms with Crippen LogP contribution in [0.2, 0.25) is 0 Å². The second-order valence-electron chi connectivity index (χ2n) is 7.44. The SMILES string of the molecule is CN=C(NCc1cccc(OC)c1OC1CCCC1)Nc1cc(OC)c(OC)c(OC)c1.I. The molecule has 0 heterocycles. The van der Waals surface area contributed by atoms with Gasteiger partial charge in [0.15, 0.2) is 29.0 Å². The molecule has 0 bridgehead atoms. The molecule has 9 heteroatoms. The largest absolute Gasteiger partial charge is 0.493 e. The average molecular weight is 571 g/mol. The zero-order valence-corrected chi connectivity index (χ0v) is 22.2. The highest BCUT2D eigenvalue weighted by molar-refractivity contribution is 14.0. The second-order valence-corrected chi connectivity index (χ2v) is 7.44. The van der Waals surface area contributed by atoms with Crippen molar-refractivity contribution in [2.45, 2.75) is 38.3 Å². The number of hydrogen-bond acceptors (Lipinski definition) is 6. The van der Waals surface area contributed by atoms with Gasteiger partial charge >= 0.3 is 0 Å². The summed E-state index contributed by atoms with van der Waals surface area (Å²) < 4.78 is 28.1. The van der Waals surface area contributed by atoms with E-state index in [1.165, 1.54) is 12.8 Å². The van der Waals surface area contributed by atoms with Gasteiger partial charge in [0.2, 0.25) is 5.75 Å². The maximum atomic E-state index is 6.33. The molecular formula is C24H34IN3O5. The fourth-order valence-electron chi connectivity index (χ4n) is 3.82. The van der Waals surface area contributed by atoms with E-state index in [4.69, 9.17) is 23.7 Å². The van der Waals surface area contributed by atoms with Crippen LogP contribution in [0.15, 0.2) is 35.3 Å². The van der Waals surface area contributed by atoms with Gasteiger partial charge in [0, 0.05) is 37.0 Å². The molecular weight excluding hydrogens is 537 g/mol. The third kappa shape index (κ3) is 6.72. The van der Waals surface area contributed by atoms with Crippen LogP contribution in [0.3, 0.4) is 0 Å². The molecule has 0 spiro atoms. The molecule has 3 rings (SSSR count). The third-order valence-corrected chi connectivity index (χ3v) is 5.46. The average Bonchev–Trinajstić information content (AvgIpc) is 3.34. The molecule has 1 aliphatic carbocycles. The van der Waals surface area contributed by atoms with Crippen LogP contribution in [0, 0.1) is 0 Å². The number of guanidine groups is 1. The number of nitrogens with zero attached hydrogens (tertiary/aromatic N) is 1. The van der Waals surface area contributed by atoms with Crippen molar-refractivity contribution >= 4 is 35.6 Å². The zero-order chi connectivity index (χ0) is 22.9. The van der Waals surface area contributed by atoms with E-state index in [-0.39, 0.29) is 30.1 Å². The summed E-state index contributed by atoms with van der Waals surface area (Å²) in [4.78, 5) is 4.34. The second kappa shape index (κ2) is 13.2. The predicted molar refractivity (Wildman–Crippen MR) is 141 cm³/mol. The Bertz CT molecular complexity index is 907. The molecule has 1 saturated carbocycles. The van der Waals surface area contributed by atoms with E-state index in [1.54, 1.807) is 35.5 Å². The lowest BCUT2D eigenvalue weighted by atomic mass is 10.1. The molecule has 0 aliphatic heterocycles. The van der Waals surface area contributed by atoms with Crippen LogP contribution in [0.5, 0.6) is 28.7 Å². The van der Waals surface area contributed by atoms with Gasteiger partial charge in [-0.25, -0.2) is 0 Å². The van der Waals surface area contributed by atoms with Gasteiger partial charge in [-0.1, -0.05) is 12.1 Å². The number of rotatable bonds is 9. The van der Waals surface area contributed by atoms with E-state index in [1.807, 2.05) is 30.3 Å². The van der Waals surface area contributed by atoms with Gasteiger partial charge in [0.05, 0.1) is 34.5 Å². The summed E-state index contributed by atoms with van der Waals surface area (Å²) in [6.07, 6.45) is 4.81. The molecule has 0 saturated heterocycles. The highest BCUT2D eigenvalue weighted by atomic mass is 127. The van der Waals surface area contributed by atoms with Gasteiger partial charge in [-0.3, -0.25) is 4.99 Å². The number of para-hydroxylation sites is 1. The summed E-state index contributed by atoms with van der Waals surface area (Å²) in [7, 11) is 8.13. The number of benzene rings is 2. The van der Waals surface area contributed by atoms with Gasteiger partial charge in [0.25, 0.3) is 0 Å². The molecule has 0 unspecified atom stereocenters. The fraction of sp³-hybridized carbons (Fsp3) is 0.458. The van der Waals surface area contributed by atoms with Crippen LogP contribution >= 0.6 is 24.0 Å². The molecule has 0 amide bonds. The van der Waals surface area contributed by atoms with E-state index < -0.39 is 0 Å². The summed E-state index contributed by atoms with van der Waals surface area (Å²) in [5.74, 6) is 3.78. The van der Waals surface area contributed by atoms with Crippen LogP contribution < -0.4 is 34.3 Å². The normalized spacial score (nSPS) is 13.7. The number of aliphatic imine (C=N–C) groups is 1. The van der Waals surface area contributed by atoms with Gasteiger partial charge < -0.3 is 34.3 Å². The molecule has 1 aliphatic rings. The fourth-order valence-corrected chi connectivity index (χ4v) is 3.82. The minimum absolute atomic E-state index is 0. The minimum Gasteiger partial charge on any atom is -0.493 e. The Balaban J connectivity index is 0.00000385. The lowest BCUT2D eigenvalue weighted by Gasteiger charge is -2.20.